The molecule has 0 radical (unpaired) electrons. The lowest BCUT2D eigenvalue weighted by Gasteiger charge is -2.18. The number of nitrogens with zero attached hydrogens (tertiary/aromatic N) is 2. The fraction of sp³-hybridized carbons (Fsp3) is 0.143. The van der Waals surface area contributed by atoms with E-state index < -0.39 is 0 Å². The van der Waals surface area contributed by atoms with Crippen LogP contribution < -0.4 is 19.7 Å². The highest BCUT2D eigenvalue weighted by Gasteiger charge is 2.22. The van der Waals surface area contributed by atoms with E-state index in [4.69, 9.17) is 9.47 Å². The van der Waals surface area contributed by atoms with Crippen molar-refractivity contribution in [3.05, 3.63) is 71.9 Å². The first-order valence-corrected chi connectivity index (χ1v) is 8.81. The number of pyridine rings is 1. The topological polar surface area (TPSA) is 63.7 Å². The third-order valence-corrected chi connectivity index (χ3v) is 4.76. The number of rotatable bonds is 3. The van der Waals surface area contributed by atoms with Crippen LogP contribution in [0.3, 0.4) is 0 Å². The molecule has 3 heterocycles. The van der Waals surface area contributed by atoms with Gasteiger partial charge >= 0.3 is 0 Å². The monoisotopic (exact) mass is 359 g/mol. The number of anilines is 3. The van der Waals surface area contributed by atoms with Crippen LogP contribution in [0.15, 0.2) is 60.7 Å². The Morgan fingerprint density at radius 1 is 1.00 bits per heavy atom. The van der Waals surface area contributed by atoms with Crippen LogP contribution in [0.4, 0.5) is 17.2 Å². The van der Waals surface area contributed by atoms with Crippen LogP contribution >= 0.6 is 0 Å². The number of carbonyl (C=O) groups is 1. The molecule has 6 heteroatoms. The summed E-state index contributed by atoms with van der Waals surface area (Å²) in [6.45, 7) is 1.06. The molecule has 1 amide bonds. The van der Waals surface area contributed by atoms with Crippen molar-refractivity contribution in [3.8, 4) is 11.5 Å². The van der Waals surface area contributed by atoms with Crippen molar-refractivity contribution in [3.63, 3.8) is 0 Å². The second-order valence-electron chi connectivity index (χ2n) is 6.43. The van der Waals surface area contributed by atoms with Gasteiger partial charge in [-0.3, -0.25) is 4.79 Å². The van der Waals surface area contributed by atoms with E-state index in [1.54, 1.807) is 24.3 Å². The van der Waals surface area contributed by atoms with Gasteiger partial charge in [0, 0.05) is 24.0 Å². The fourth-order valence-corrected chi connectivity index (χ4v) is 3.45. The number of amides is 1. The minimum absolute atomic E-state index is 0.202. The Morgan fingerprint density at radius 2 is 1.89 bits per heavy atom. The third-order valence-electron chi connectivity index (χ3n) is 4.76. The lowest BCUT2D eigenvalue weighted by molar-refractivity contribution is 0.102. The molecule has 2 aromatic carbocycles. The largest absolute Gasteiger partial charge is 0.454 e. The third kappa shape index (κ3) is 2.85. The first-order valence-electron chi connectivity index (χ1n) is 8.81. The smallest absolute Gasteiger partial charge is 0.274 e. The molecule has 0 bridgehead atoms. The number of benzene rings is 2. The van der Waals surface area contributed by atoms with Gasteiger partial charge in [-0.15, -0.1) is 0 Å². The summed E-state index contributed by atoms with van der Waals surface area (Å²) >= 11 is 0. The second kappa shape index (κ2) is 6.32. The number of hydrogen-bond acceptors (Lipinski definition) is 5. The van der Waals surface area contributed by atoms with E-state index in [0.717, 1.165) is 24.5 Å². The van der Waals surface area contributed by atoms with Crippen molar-refractivity contribution in [2.75, 3.05) is 23.6 Å². The number of nitrogens with one attached hydrogen (secondary N) is 1. The molecule has 6 nitrogen and oxygen atoms in total. The summed E-state index contributed by atoms with van der Waals surface area (Å²) in [5.74, 6) is 1.82. The van der Waals surface area contributed by atoms with Crippen molar-refractivity contribution in [2.24, 2.45) is 0 Å². The highest BCUT2D eigenvalue weighted by atomic mass is 16.7. The molecule has 5 rings (SSSR count). The van der Waals surface area contributed by atoms with Crippen LogP contribution in [0.25, 0.3) is 0 Å². The molecule has 0 saturated heterocycles. The first-order chi connectivity index (χ1) is 13.3. The molecule has 0 aliphatic carbocycles. The molecular weight excluding hydrogens is 342 g/mol. The number of para-hydroxylation sites is 1. The standard InChI is InChI=1S/C21H17N3O3/c25-21(22-15-8-9-18-19(12-15)27-13-26-18)16-5-3-7-20(23-16)24-11-10-14-4-1-2-6-17(14)24/h1-9,12H,10-11,13H2,(H,22,25). The lowest BCUT2D eigenvalue weighted by Crippen LogP contribution is -2.18. The summed E-state index contributed by atoms with van der Waals surface area (Å²) in [5.41, 5.74) is 3.46. The summed E-state index contributed by atoms with van der Waals surface area (Å²) < 4.78 is 10.6. The van der Waals surface area contributed by atoms with Crippen molar-refractivity contribution < 1.29 is 14.3 Å². The number of hydrogen-bond donors (Lipinski definition) is 1. The van der Waals surface area contributed by atoms with Gasteiger partial charge in [0.2, 0.25) is 6.79 Å². The van der Waals surface area contributed by atoms with Crippen molar-refractivity contribution in [1.29, 1.82) is 0 Å². The van der Waals surface area contributed by atoms with E-state index in [1.165, 1.54) is 5.56 Å². The Hall–Kier alpha value is -3.54. The second-order valence-corrected chi connectivity index (χ2v) is 6.43. The molecule has 0 saturated carbocycles. The number of aromatic nitrogens is 1. The fourth-order valence-electron chi connectivity index (χ4n) is 3.45. The molecule has 0 unspecified atom stereocenters. The molecule has 3 aromatic rings. The summed E-state index contributed by atoms with van der Waals surface area (Å²) in [7, 11) is 0. The van der Waals surface area contributed by atoms with Crippen LogP contribution in [0, 0.1) is 0 Å². The van der Waals surface area contributed by atoms with Gasteiger partial charge in [-0.2, -0.15) is 0 Å². The van der Waals surface area contributed by atoms with Gasteiger partial charge in [-0.05, 0) is 42.3 Å². The van der Waals surface area contributed by atoms with E-state index in [9.17, 15) is 4.79 Å². The van der Waals surface area contributed by atoms with Crippen LogP contribution in [0.5, 0.6) is 11.5 Å². The molecule has 134 valence electrons. The number of carbonyl (C=O) groups excluding carboxylic acids is 1. The maximum absolute atomic E-state index is 12.7. The van der Waals surface area contributed by atoms with E-state index in [0.29, 0.717) is 22.9 Å². The molecule has 27 heavy (non-hydrogen) atoms. The van der Waals surface area contributed by atoms with Crippen LogP contribution in [0.2, 0.25) is 0 Å². The van der Waals surface area contributed by atoms with Crippen molar-refractivity contribution >= 4 is 23.1 Å². The van der Waals surface area contributed by atoms with E-state index in [-0.39, 0.29) is 12.7 Å². The van der Waals surface area contributed by atoms with Gasteiger partial charge in [0.1, 0.15) is 11.5 Å². The molecule has 1 aromatic heterocycles. The Bertz CT molecular complexity index is 1030. The zero-order valence-corrected chi connectivity index (χ0v) is 14.5. The van der Waals surface area contributed by atoms with Crippen molar-refractivity contribution in [1.82, 2.24) is 4.98 Å². The van der Waals surface area contributed by atoms with E-state index >= 15 is 0 Å². The van der Waals surface area contributed by atoms with Crippen molar-refractivity contribution in [2.45, 2.75) is 6.42 Å². The summed E-state index contributed by atoms with van der Waals surface area (Å²) in [4.78, 5) is 19.4. The Morgan fingerprint density at radius 3 is 2.85 bits per heavy atom. The Kier molecular flexibility index (Phi) is 3.67. The maximum atomic E-state index is 12.7. The highest BCUT2D eigenvalue weighted by Crippen LogP contribution is 2.35. The van der Waals surface area contributed by atoms with Gasteiger partial charge in [0.25, 0.3) is 5.91 Å². The molecule has 0 atom stereocenters. The highest BCUT2D eigenvalue weighted by molar-refractivity contribution is 6.03. The lowest BCUT2D eigenvalue weighted by atomic mass is 10.2. The number of ether oxygens (including phenoxy) is 2. The van der Waals surface area contributed by atoms with E-state index in [2.05, 4.69) is 27.3 Å². The van der Waals surface area contributed by atoms with Gasteiger partial charge in [-0.1, -0.05) is 24.3 Å². The number of fused-ring (bicyclic) bond motifs is 2. The van der Waals surface area contributed by atoms with Gasteiger partial charge in [0.15, 0.2) is 11.5 Å². The predicted molar refractivity (Wildman–Crippen MR) is 102 cm³/mol. The summed E-state index contributed by atoms with van der Waals surface area (Å²) in [6, 6.07) is 19.1. The minimum atomic E-state index is -0.261. The van der Waals surface area contributed by atoms with Gasteiger partial charge in [0.05, 0.1) is 0 Å². The normalized spacial score (nSPS) is 14.1. The van der Waals surface area contributed by atoms with E-state index in [1.807, 2.05) is 24.3 Å². The molecule has 0 spiro atoms. The first kappa shape index (κ1) is 15.7. The summed E-state index contributed by atoms with van der Waals surface area (Å²) in [6.07, 6.45) is 0.978. The molecular formula is C21H17N3O3. The van der Waals surface area contributed by atoms with Crippen LogP contribution in [-0.2, 0) is 6.42 Å². The van der Waals surface area contributed by atoms with Crippen LogP contribution in [0.1, 0.15) is 16.1 Å². The molecule has 2 aliphatic heterocycles. The zero-order chi connectivity index (χ0) is 18.2. The Balaban J connectivity index is 1.38. The van der Waals surface area contributed by atoms with Crippen LogP contribution in [-0.4, -0.2) is 24.2 Å². The zero-order valence-electron chi connectivity index (χ0n) is 14.5. The maximum Gasteiger partial charge on any atom is 0.274 e. The average molecular weight is 359 g/mol. The quantitative estimate of drug-likeness (QED) is 0.771. The SMILES string of the molecule is O=C(Nc1ccc2c(c1)OCO2)c1cccc(N2CCc3ccccc32)n1. The minimum Gasteiger partial charge on any atom is -0.454 e. The van der Waals surface area contributed by atoms with Gasteiger partial charge in [-0.25, -0.2) is 4.98 Å². The molecule has 2 aliphatic rings. The molecule has 1 N–H and O–H groups in total. The molecule has 0 fully saturated rings. The van der Waals surface area contributed by atoms with Gasteiger partial charge < -0.3 is 19.7 Å². The summed E-state index contributed by atoms with van der Waals surface area (Å²) in [5, 5.41) is 2.87. The predicted octanol–water partition coefficient (Wildman–Crippen LogP) is 3.76. The Labute approximate surface area is 156 Å². The average Bonchev–Trinajstić information content (AvgIpc) is 3.34.